The monoisotopic (exact) mass is 373 g/mol. The van der Waals surface area contributed by atoms with Crippen LogP contribution >= 0.6 is 0 Å². The van der Waals surface area contributed by atoms with Gasteiger partial charge in [-0.05, 0) is 19.3 Å². The lowest BCUT2D eigenvalue weighted by molar-refractivity contribution is -0.931. The van der Waals surface area contributed by atoms with E-state index in [2.05, 4.69) is 6.92 Å². The summed E-state index contributed by atoms with van der Waals surface area (Å²) in [6.07, 6.45) is 14.3. The average molecular weight is 374 g/mol. The van der Waals surface area contributed by atoms with E-state index in [-0.39, 0.29) is 13.2 Å². The second kappa shape index (κ2) is 17.9. The van der Waals surface area contributed by atoms with E-state index in [0.29, 0.717) is 30.5 Å². The van der Waals surface area contributed by atoms with Gasteiger partial charge in [0.15, 0.2) is 6.29 Å². The molecular formula is C21H43NO4+. The SMILES string of the molecule is CCCCCCCCCCC(O)C[N+](CCO)(CCO)CCCC[C]=O. The highest BCUT2D eigenvalue weighted by Gasteiger charge is 2.29. The van der Waals surface area contributed by atoms with Crippen LogP contribution < -0.4 is 0 Å². The predicted molar refractivity (Wildman–Crippen MR) is 107 cm³/mol. The van der Waals surface area contributed by atoms with Gasteiger partial charge in [0.1, 0.15) is 25.7 Å². The Morgan fingerprint density at radius 2 is 1.38 bits per heavy atom. The highest BCUT2D eigenvalue weighted by molar-refractivity contribution is 5.50. The Morgan fingerprint density at radius 1 is 0.808 bits per heavy atom. The summed E-state index contributed by atoms with van der Waals surface area (Å²) in [5.41, 5.74) is 0. The van der Waals surface area contributed by atoms with Gasteiger partial charge in [0.25, 0.3) is 0 Å². The van der Waals surface area contributed by atoms with E-state index in [0.717, 1.165) is 32.2 Å². The number of aliphatic hydroxyl groups is 3. The van der Waals surface area contributed by atoms with Gasteiger partial charge in [0.05, 0.1) is 19.8 Å². The van der Waals surface area contributed by atoms with E-state index in [1.165, 1.54) is 44.9 Å². The third-order valence-electron chi connectivity index (χ3n) is 5.30. The molecule has 0 aromatic carbocycles. The van der Waals surface area contributed by atoms with Crippen molar-refractivity contribution in [3.05, 3.63) is 0 Å². The largest absolute Gasteiger partial charge is 0.391 e. The van der Waals surface area contributed by atoms with Crippen molar-refractivity contribution < 1.29 is 24.6 Å². The minimum absolute atomic E-state index is 0.0459. The van der Waals surface area contributed by atoms with Gasteiger partial charge >= 0.3 is 0 Å². The fraction of sp³-hybridized carbons (Fsp3) is 0.952. The van der Waals surface area contributed by atoms with Gasteiger partial charge in [-0.2, -0.15) is 0 Å². The first-order chi connectivity index (χ1) is 12.6. The van der Waals surface area contributed by atoms with Crippen molar-refractivity contribution in [3.8, 4) is 0 Å². The molecule has 0 saturated heterocycles. The number of nitrogens with zero attached hydrogens (tertiary/aromatic N) is 1. The van der Waals surface area contributed by atoms with Crippen molar-refractivity contribution in [2.45, 2.75) is 90.1 Å². The van der Waals surface area contributed by atoms with Gasteiger partial charge in [0, 0.05) is 6.42 Å². The first kappa shape index (κ1) is 25.5. The van der Waals surface area contributed by atoms with Crippen LogP contribution in [0.25, 0.3) is 0 Å². The molecule has 155 valence electrons. The van der Waals surface area contributed by atoms with Crippen molar-refractivity contribution >= 4 is 6.29 Å². The van der Waals surface area contributed by atoms with E-state index < -0.39 is 6.10 Å². The van der Waals surface area contributed by atoms with Gasteiger partial charge in [0.2, 0.25) is 0 Å². The molecule has 3 N–H and O–H groups in total. The second-order valence-electron chi connectivity index (χ2n) is 7.66. The fourth-order valence-corrected chi connectivity index (χ4v) is 3.73. The molecule has 0 amide bonds. The number of unbranched alkanes of at least 4 members (excludes halogenated alkanes) is 9. The summed E-state index contributed by atoms with van der Waals surface area (Å²) in [6.45, 7) is 4.75. The standard InChI is InChI=1S/C21H43NO4/c1-2-3-4-5-6-7-8-10-13-21(26)20-22(15-18-24,16-19-25)14-11-9-12-17-23/h21,24-26H,2-16,18-20H2,1H3/q+1. The van der Waals surface area contributed by atoms with Crippen molar-refractivity contribution in [1.29, 1.82) is 0 Å². The summed E-state index contributed by atoms with van der Waals surface area (Å²) < 4.78 is 0.532. The van der Waals surface area contributed by atoms with Gasteiger partial charge < -0.3 is 19.8 Å². The molecule has 0 aromatic rings. The molecule has 5 heteroatoms. The molecule has 0 saturated carbocycles. The topological polar surface area (TPSA) is 77.8 Å². The summed E-state index contributed by atoms with van der Waals surface area (Å²) in [6, 6.07) is 0. The maximum absolute atomic E-state index is 10.5. The van der Waals surface area contributed by atoms with E-state index in [1.807, 2.05) is 6.29 Å². The molecule has 0 spiro atoms. The van der Waals surface area contributed by atoms with Gasteiger partial charge in [-0.1, -0.05) is 58.3 Å². The van der Waals surface area contributed by atoms with Gasteiger partial charge in [-0.25, -0.2) is 0 Å². The molecule has 1 atom stereocenters. The molecule has 0 aromatic heterocycles. The lowest BCUT2D eigenvalue weighted by Gasteiger charge is -2.39. The van der Waals surface area contributed by atoms with Crippen molar-refractivity contribution in [1.82, 2.24) is 0 Å². The number of carbonyl (C=O) groups excluding carboxylic acids is 1. The van der Waals surface area contributed by atoms with Crippen molar-refractivity contribution in [3.63, 3.8) is 0 Å². The average Bonchev–Trinajstić information content (AvgIpc) is 2.61. The minimum atomic E-state index is -0.397. The number of aliphatic hydroxyl groups excluding tert-OH is 3. The Morgan fingerprint density at radius 3 is 1.92 bits per heavy atom. The number of hydrogen-bond donors (Lipinski definition) is 3. The van der Waals surface area contributed by atoms with E-state index in [1.54, 1.807) is 0 Å². The molecule has 1 unspecified atom stereocenters. The molecule has 1 radical (unpaired) electrons. The fourth-order valence-electron chi connectivity index (χ4n) is 3.73. The summed E-state index contributed by atoms with van der Waals surface area (Å²) in [5, 5.41) is 29.3. The molecule has 0 fully saturated rings. The normalized spacial score (nSPS) is 13.1. The van der Waals surface area contributed by atoms with Crippen molar-refractivity contribution in [2.24, 2.45) is 0 Å². The first-order valence-electron chi connectivity index (χ1n) is 10.7. The zero-order chi connectivity index (χ0) is 19.5. The number of hydrogen-bond acceptors (Lipinski definition) is 4. The maximum Gasteiger partial charge on any atom is 0.198 e. The molecule has 0 heterocycles. The van der Waals surface area contributed by atoms with Crippen LogP contribution in [0, 0.1) is 0 Å². The van der Waals surface area contributed by atoms with E-state index in [4.69, 9.17) is 0 Å². The lowest BCUT2D eigenvalue weighted by Crippen LogP contribution is -2.55. The second-order valence-corrected chi connectivity index (χ2v) is 7.66. The smallest absolute Gasteiger partial charge is 0.198 e. The Balaban J connectivity index is 4.17. The Hall–Kier alpha value is -0.490. The zero-order valence-corrected chi connectivity index (χ0v) is 17.0. The summed E-state index contributed by atoms with van der Waals surface area (Å²) in [7, 11) is 0. The van der Waals surface area contributed by atoms with Crippen LogP contribution in [0.2, 0.25) is 0 Å². The Bertz CT molecular complexity index is 306. The maximum atomic E-state index is 10.5. The van der Waals surface area contributed by atoms with Crippen molar-refractivity contribution in [2.75, 3.05) is 39.4 Å². The quantitative estimate of drug-likeness (QED) is 0.226. The number of quaternary nitrogens is 1. The highest BCUT2D eigenvalue weighted by atomic mass is 16.3. The summed E-state index contributed by atoms with van der Waals surface area (Å²) >= 11 is 0. The van der Waals surface area contributed by atoms with Gasteiger partial charge in [-0.3, -0.25) is 4.79 Å². The molecule has 0 aliphatic heterocycles. The molecular weight excluding hydrogens is 330 g/mol. The third kappa shape index (κ3) is 13.7. The highest BCUT2D eigenvalue weighted by Crippen LogP contribution is 2.16. The minimum Gasteiger partial charge on any atom is -0.391 e. The van der Waals surface area contributed by atoms with E-state index >= 15 is 0 Å². The van der Waals surface area contributed by atoms with Crippen LogP contribution in [0.5, 0.6) is 0 Å². The first-order valence-corrected chi connectivity index (χ1v) is 10.7. The molecule has 26 heavy (non-hydrogen) atoms. The Kier molecular flexibility index (Phi) is 17.6. The Labute approximate surface area is 161 Å². The summed E-state index contributed by atoms with van der Waals surface area (Å²) in [4.78, 5) is 10.4. The predicted octanol–water partition coefficient (Wildman–Crippen LogP) is 2.96. The summed E-state index contributed by atoms with van der Waals surface area (Å²) in [5.74, 6) is 0. The molecule has 0 rings (SSSR count). The van der Waals surface area contributed by atoms with E-state index in [9.17, 15) is 20.1 Å². The van der Waals surface area contributed by atoms with Crippen LogP contribution in [0.1, 0.15) is 84.0 Å². The molecule has 0 bridgehead atoms. The molecule has 0 aliphatic carbocycles. The van der Waals surface area contributed by atoms with Crippen LogP contribution in [0.15, 0.2) is 0 Å². The van der Waals surface area contributed by atoms with Crippen LogP contribution in [-0.4, -0.2) is 71.6 Å². The van der Waals surface area contributed by atoms with Crippen LogP contribution in [0.4, 0.5) is 0 Å². The lowest BCUT2D eigenvalue weighted by atomic mass is 10.0. The molecule has 0 aliphatic rings. The van der Waals surface area contributed by atoms with Crippen LogP contribution in [-0.2, 0) is 4.79 Å². The number of rotatable bonds is 20. The third-order valence-corrected chi connectivity index (χ3v) is 5.30. The zero-order valence-electron chi connectivity index (χ0n) is 17.0. The molecule has 5 nitrogen and oxygen atoms in total. The van der Waals surface area contributed by atoms with Crippen LogP contribution in [0.3, 0.4) is 0 Å². The van der Waals surface area contributed by atoms with Gasteiger partial charge in [-0.15, -0.1) is 0 Å².